The van der Waals surface area contributed by atoms with Crippen LogP contribution in [0.15, 0.2) is 12.1 Å². The number of thiophene rings is 1. The number of nitrogens with zero attached hydrogens (tertiary/aromatic N) is 1. The van der Waals surface area contributed by atoms with E-state index in [0.29, 0.717) is 0 Å². The zero-order valence-electron chi connectivity index (χ0n) is 10.1. The van der Waals surface area contributed by atoms with Gasteiger partial charge in [-0.05, 0) is 25.2 Å². The van der Waals surface area contributed by atoms with Crippen molar-refractivity contribution in [2.24, 2.45) is 0 Å². The number of hydrogen-bond donors (Lipinski definition) is 1. The molecule has 1 aromatic rings. The Morgan fingerprint density at radius 3 is 2.75 bits per heavy atom. The molecule has 0 aromatic carbocycles. The van der Waals surface area contributed by atoms with Crippen LogP contribution in [0.1, 0.15) is 23.6 Å². The highest BCUT2D eigenvalue weighted by Gasteiger charge is 2.04. The first-order valence-corrected chi connectivity index (χ1v) is 6.55. The molecule has 0 amide bonds. The standard InChI is InChI=1S/C13H20N2S/c1-4-9-15(6-3)11-13-8-7-12(16-13)10-14-5-2/h1,7-8,14H,5-6,9-11H2,2-3H3. The lowest BCUT2D eigenvalue weighted by Gasteiger charge is -2.15. The molecule has 0 saturated carbocycles. The fourth-order valence-electron chi connectivity index (χ4n) is 1.48. The Labute approximate surface area is 103 Å². The molecule has 2 nitrogen and oxygen atoms in total. The molecule has 0 spiro atoms. The monoisotopic (exact) mass is 236 g/mol. The van der Waals surface area contributed by atoms with Crippen LogP contribution in [-0.2, 0) is 13.1 Å². The van der Waals surface area contributed by atoms with Crippen LogP contribution in [0, 0.1) is 12.3 Å². The van der Waals surface area contributed by atoms with E-state index in [9.17, 15) is 0 Å². The van der Waals surface area contributed by atoms with Gasteiger partial charge in [0.05, 0.1) is 6.54 Å². The Kier molecular flexibility index (Phi) is 6.17. The molecule has 0 saturated heterocycles. The van der Waals surface area contributed by atoms with Crippen molar-refractivity contribution in [1.29, 1.82) is 0 Å². The van der Waals surface area contributed by atoms with E-state index < -0.39 is 0 Å². The zero-order valence-corrected chi connectivity index (χ0v) is 10.9. The largest absolute Gasteiger partial charge is 0.312 e. The second-order valence-electron chi connectivity index (χ2n) is 3.66. The van der Waals surface area contributed by atoms with E-state index in [1.807, 2.05) is 11.3 Å². The van der Waals surface area contributed by atoms with Gasteiger partial charge in [-0.15, -0.1) is 17.8 Å². The molecule has 1 heterocycles. The van der Waals surface area contributed by atoms with Gasteiger partial charge < -0.3 is 5.32 Å². The lowest BCUT2D eigenvalue weighted by Crippen LogP contribution is -2.22. The van der Waals surface area contributed by atoms with Gasteiger partial charge in [-0.1, -0.05) is 19.8 Å². The smallest absolute Gasteiger partial charge is 0.0601 e. The molecule has 0 radical (unpaired) electrons. The average Bonchev–Trinajstić information content (AvgIpc) is 2.73. The van der Waals surface area contributed by atoms with E-state index in [4.69, 9.17) is 6.42 Å². The number of nitrogens with one attached hydrogen (secondary N) is 1. The number of rotatable bonds is 7. The second kappa shape index (κ2) is 7.45. The summed E-state index contributed by atoms with van der Waals surface area (Å²) in [6, 6.07) is 4.41. The summed E-state index contributed by atoms with van der Waals surface area (Å²) >= 11 is 1.87. The molecule has 0 bridgehead atoms. The summed E-state index contributed by atoms with van der Waals surface area (Å²) in [5, 5.41) is 3.33. The van der Waals surface area contributed by atoms with E-state index in [1.165, 1.54) is 9.75 Å². The summed E-state index contributed by atoms with van der Waals surface area (Å²) in [5.74, 6) is 2.70. The van der Waals surface area contributed by atoms with Gasteiger partial charge in [0.1, 0.15) is 0 Å². The zero-order chi connectivity index (χ0) is 11.8. The molecule has 1 N–H and O–H groups in total. The summed E-state index contributed by atoms with van der Waals surface area (Å²) in [6.45, 7) is 8.97. The van der Waals surface area contributed by atoms with Gasteiger partial charge >= 0.3 is 0 Å². The fraction of sp³-hybridized carbons (Fsp3) is 0.538. The van der Waals surface area contributed by atoms with Gasteiger partial charge in [0.15, 0.2) is 0 Å². The van der Waals surface area contributed by atoms with Crippen LogP contribution in [0.25, 0.3) is 0 Å². The van der Waals surface area contributed by atoms with Crippen molar-refractivity contribution < 1.29 is 0 Å². The van der Waals surface area contributed by atoms with Crippen molar-refractivity contribution in [3.05, 3.63) is 21.9 Å². The van der Waals surface area contributed by atoms with Crippen LogP contribution in [0.3, 0.4) is 0 Å². The molecule has 0 unspecified atom stereocenters. The maximum absolute atomic E-state index is 5.33. The number of hydrogen-bond acceptors (Lipinski definition) is 3. The fourth-order valence-corrected chi connectivity index (χ4v) is 2.51. The highest BCUT2D eigenvalue weighted by molar-refractivity contribution is 7.11. The van der Waals surface area contributed by atoms with Gasteiger partial charge in [0, 0.05) is 22.8 Å². The van der Waals surface area contributed by atoms with E-state index in [2.05, 4.69) is 42.1 Å². The minimum Gasteiger partial charge on any atom is -0.312 e. The third-order valence-corrected chi connectivity index (χ3v) is 3.48. The van der Waals surface area contributed by atoms with Crippen LogP contribution in [0.4, 0.5) is 0 Å². The predicted molar refractivity (Wildman–Crippen MR) is 71.5 cm³/mol. The third-order valence-electron chi connectivity index (χ3n) is 2.41. The van der Waals surface area contributed by atoms with E-state index in [-0.39, 0.29) is 0 Å². The van der Waals surface area contributed by atoms with Gasteiger partial charge in [-0.2, -0.15) is 0 Å². The van der Waals surface area contributed by atoms with Crippen molar-refractivity contribution in [2.75, 3.05) is 19.6 Å². The van der Waals surface area contributed by atoms with Gasteiger partial charge in [-0.3, -0.25) is 4.90 Å². The van der Waals surface area contributed by atoms with E-state index in [0.717, 1.165) is 32.7 Å². The van der Waals surface area contributed by atoms with Crippen LogP contribution in [-0.4, -0.2) is 24.5 Å². The Morgan fingerprint density at radius 2 is 2.12 bits per heavy atom. The molecule has 0 fully saturated rings. The molecule has 3 heteroatoms. The van der Waals surface area contributed by atoms with Crippen molar-refractivity contribution in [1.82, 2.24) is 10.2 Å². The van der Waals surface area contributed by atoms with Crippen molar-refractivity contribution in [3.63, 3.8) is 0 Å². The highest BCUT2D eigenvalue weighted by Crippen LogP contribution is 2.18. The first kappa shape index (κ1) is 13.2. The normalized spacial score (nSPS) is 10.6. The van der Waals surface area contributed by atoms with Gasteiger partial charge in [0.2, 0.25) is 0 Å². The minimum absolute atomic E-state index is 0.733. The molecular weight excluding hydrogens is 216 g/mol. The molecule has 1 rings (SSSR count). The predicted octanol–water partition coefficient (Wildman–Crippen LogP) is 2.31. The quantitative estimate of drug-likeness (QED) is 0.731. The van der Waals surface area contributed by atoms with E-state index in [1.54, 1.807) is 0 Å². The summed E-state index contributed by atoms with van der Waals surface area (Å²) in [5.41, 5.74) is 0. The van der Waals surface area contributed by atoms with Gasteiger partial charge in [-0.25, -0.2) is 0 Å². The molecule has 1 aromatic heterocycles. The van der Waals surface area contributed by atoms with Crippen LogP contribution in [0.2, 0.25) is 0 Å². The number of terminal acetylenes is 1. The summed E-state index contributed by atoms with van der Waals surface area (Å²) in [7, 11) is 0. The topological polar surface area (TPSA) is 15.3 Å². The Bertz CT molecular complexity index is 338. The lowest BCUT2D eigenvalue weighted by molar-refractivity contribution is 0.319. The van der Waals surface area contributed by atoms with Crippen molar-refractivity contribution in [2.45, 2.75) is 26.9 Å². The third kappa shape index (κ3) is 4.36. The van der Waals surface area contributed by atoms with E-state index >= 15 is 0 Å². The summed E-state index contributed by atoms with van der Waals surface area (Å²) < 4.78 is 0. The Hall–Kier alpha value is -0.820. The Morgan fingerprint density at radius 1 is 1.38 bits per heavy atom. The molecule has 16 heavy (non-hydrogen) atoms. The van der Waals surface area contributed by atoms with Crippen molar-refractivity contribution >= 4 is 11.3 Å². The van der Waals surface area contributed by atoms with Crippen LogP contribution < -0.4 is 5.32 Å². The first-order chi connectivity index (χ1) is 7.80. The lowest BCUT2D eigenvalue weighted by atomic mass is 10.4. The summed E-state index contributed by atoms with van der Waals surface area (Å²) in [4.78, 5) is 5.06. The molecule has 0 atom stereocenters. The minimum atomic E-state index is 0.733. The SMILES string of the molecule is C#CCN(CC)Cc1ccc(CNCC)s1. The molecule has 0 aliphatic rings. The maximum Gasteiger partial charge on any atom is 0.0601 e. The van der Waals surface area contributed by atoms with Crippen LogP contribution >= 0.6 is 11.3 Å². The maximum atomic E-state index is 5.33. The summed E-state index contributed by atoms with van der Waals surface area (Å²) in [6.07, 6.45) is 5.33. The Balaban J connectivity index is 2.47. The van der Waals surface area contributed by atoms with Gasteiger partial charge in [0.25, 0.3) is 0 Å². The molecule has 0 aliphatic heterocycles. The molecule has 88 valence electrons. The molecule has 0 aliphatic carbocycles. The highest BCUT2D eigenvalue weighted by atomic mass is 32.1. The second-order valence-corrected chi connectivity index (χ2v) is 4.91. The van der Waals surface area contributed by atoms with Crippen LogP contribution in [0.5, 0.6) is 0 Å². The first-order valence-electron chi connectivity index (χ1n) is 5.74. The molecular formula is C13H20N2S. The average molecular weight is 236 g/mol. The van der Waals surface area contributed by atoms with Crippen molar-refractivity contribution in [3.8, 4) is 12.3 Å².